The minimum Gasteiger partial charge on any atom is -0.406 e. The molecule has 0 N–H and O–H groups in total. The summed E-state index contributed by atoms with van der Waals surface area (Å²) < 4.78 is 45.7. The molecule has 4 nitrogen and oxygen atoms in total. The summed E-state index contributed by atoms with van der Waals surface area (Å²) in [5.74, 6) is 0.581. The molecule has 1 saturated heterocycles. The number of rotatable bonds is 4. The van der Waals surface area contributed by atoms with Crippen LogP contribution in [0.3, 0.4) is 0 Å². The summed E-state index contributed by atoms with van der Waals surface area (Å²) in [6, 6.07) is 8.16. The van der Waals surface area contributed by atoms with E-state index >= 15 is 0 Å². The molecule has 2 aromatic rings. The maximum atomic E-state index is 12.2. The summed E-state index contributed by atoms with van der Waals surface area (Å²) in [6.07, 6.45) is -1.43. The minimum absolute atomic E-state index is 0.183. The molecule has 0 radical (unpaired) electrons. The molecule has 2 heterocycles. The largest absolute Gasteiger partial charge is 0.573 e. The summed E-state index contributed by atoms with van der Waals surface area (Å²) in [5.41, 5.74) is 1.86. The smallest absolute Gasteiger partial charge is 0.406 e. The van der Waals surface area contributed by atoms with Gasteiger partial charge in [0.2, 0.25) is 0 Å². The van der Waals surface area contributed by atoms with E-state index in [4.69, 9.17) is 4.52 Å². The van der Waals surface area contributed by atoms with Gasteiger partial charge in [0, 0.05) is 12.6 Å². The van der Waals surface area contributed by atoms with Gasteiger partial charge in [-0.2, -0.15) is 0 Å². The standard InChI is InChI=1S/C17H19F3N2O2/c1-12-10-15(21-24-12)16-4-2-3-9-22(16)11-13-5-7-14(8-6-13)23-17(18,19)20/h5-8,10,16H,2-4,9,11H2,1H3/t16-/m0/s1. The van der Waals surface area contributed by atoms with Gasteiger partial charge < -0.3 is 9.26 Å². The highest BCUT2D eigenvalue weighted by Gasteiger charge is 2.31. The van der Waals surface area contributed by atoms with Crippen molar-refractivity contribution in [3.8, 4) is 5.75 Å². The zero-order valence-corrected chi connectivity index (χ0v) is 13.3. The maximum absolute atomic E-state index is 12.2. The number of ether oxygens (including phenoxy) is 1. The van der Waals surface area contributed by atoms with Gasteiger partial charge in [0.15, 0.2) is 0 Å². The van der Waals surface area contributed by atoms with Crippen molar-refractivity contribution in [2.75, 3.05) is 6.54 Å². The molecule has 7 heteroatoms. The van der Waals surface area contributed by atoms with Crippen molar-refractivity contribution < 1.29 is 22.4 Å². The predicted molar refractivity (Wildman–Crippen MR) is 81.4 cm³/mol. The summed E-state index contributed by atoms with van der Waals surface area (Å²) in [6.45, 7) is 3.45. The van der Waals surface area contributed by atoms with E-state index in [9.17, 15) is 13.2 Å². The van der Waals surface area contributed by atoms with Crippen molar-refractivity contribution in [2.45, 2.75) is 45.1 Å². The molecule has 130 valence electrons. The van der Waals surface area contributed by atoms with Gasteiger partial charge in [0.05, 0.1) is 6.04 Å². The molecular weight excluding hydrogens is 321 g/mol. The lowest BCUT2D eigenvalue weighted by Crippen LogP contribution is -2.33. The molecule has 0 amide bonds. The topological polar surface area (TPSA) is 38.5 Å². The highest BCUT2D eigenvalue weighted by Crippen LogP contribution is 2.32. The highest BCUT2D eigenvalue weighted by atomic mass is 19.4. The van der Waals surface area contributed by atoms with Gasteiger partial charge in [-0.05, 0) is 44.0 Å². The average Bonchev–Trinajstić information content (AvgIpc) is 2.95. The van der Waals surface area contributed by atoms with Crippen LogP contribution in [0.4, 0.5) is 13.2 Å². The van der Waals surface area contributed by atoms with Gasteiger partial charge in [-0.3, -0.25) is 4.90 Å². The first-order valence-electron chi connectivity index (χ1n) is 7.93. The minimum atomic E-state index is -4.66. The molecule has 1 fully saturated rings. The molecule has 1 aromatic heterocycles. The summed E-state index contributed by atoms with van der Waals surface area (Å²) in [4.78, 5) is 2.29. The third-order valence-electron chi connectivity index (χ3n) is 4.14. The third kappa shape index (κ3) is 4.29. The zero-order valence-electron chi connectivity index (χ0n) is 13.3. The van der Waals surface area contributed by atoms with Crippen molar-refractivity contribution in [3.63, 3.8) is 0 Å². The van der Waals surface area contributed by atoms with Crippen LogP contribution in [-0.4, -0.2) is 23.0 Å². The van der Waals surface area contributed by atoms with E-state index in [1.54, 1.807) is 12.1 Å². The van der Waals surface area contributed by atoms with E-state index in [0.29, 0.717) is 6.54 Å². The lowest BCUT2D eigenvalue weighted by atomic mass is 9.98. The number of hydrogen-bond donors (Lipinski definition) is 0. The van der Waals surface area contributed by atoms with Crippen LogP contribution in [-0.2, 0) is 6.54 Å². The molecule has 1 atom stereocenters. The molecule has 0 saturated carbocycles. The number of piperidine rings is 1. The number of likely N-dealkylation sites (tertiary alicyclic amines) is 1. The second kappa shape index (κ2) is 6.84. The Kier molecular flexibility index (Phi) is 4.80. The number of aromatic nitrogens is 1. The van der Waals surface area contributed by atoms with Crippen LogP contribution in [0.25, 0.3) is 0 Å². The van der Waals surface area contributed by atoms with Gasteiger partial charge >= 0.3 is 6.36 Å². The first-order chi connectivity index (χ1) is 11.4. The number of aryl methyl sites for hydroxylation is 1. The van der Waals surface area contributed by atoms with Gasteiger partial charge in [-0.25, -0.2) is 0 Å². The molecule has 0 spiro atoms. The van der Waals surface area contributed by atoms with Crippen LogP contribution in [0, 0.1) is 6.92 Å². The van der Waals surface area contributed by atoms with Crippen molar-refractivity contribution in [1.82, 2.24) is 10.1 Å². The fourth-order valence-electron chi connectivity index (χ4n) is 3.09. The van der Waals surface area contributed by atoms with Crippen LogP contribution in [0.15, 0.2) is 34.9 Å². The molecule has 24 heavy (non-hydrogen) atoms. The second-order valence-electron chi connectivity index (χ2n) is 6.04. The molecule has 0 aliphatic carbocycles. The normalized spacial score (nSPS) is 19.4. The zero-order chi connectivity index (χ0) is 17.2. The van der Waals surface area contributed by atoms with E-state index in [-0.39, 0.29) is 11.8 Å². The predicted octanol–water partition coefficient (Wildman–Crippen LogP) is 4.61. The van der Waals surface area contributed by atoms with E-state index in [2.05, 4.69) is 14.8 Å². The maximum Gasteiger partial charge on any atom is 0.573 e. The lowest BCUT2D eigenvalue weighted by molar-refractivity contribution is -0.274. The Bertz CT molecular complexity index is 667. The van der Waals surface area contributed by atoms with Crippen molar-refractivity contribution in [1.29, 1.82) is 0 Å². The third-order valence-corrected chi connectivity index (χ3v) is 4.14. The molecule has 1 aromatic carbocycles. The number of halogens is 3. The Morgan fingerprint density at radius 3 is 2.62 bits per heavy atom. The van der Waals surface area contributed by atoms with E-state index in [0.717, 1.165) is 42.8 Å². The molecule has 1 aliphatic heterocycles. The van der Waals surface area contributed by atoms with E-state index in [1.807, 2.05) is 13.0 Å². The van der Waals surface area contributed by atoms with Crippen LogP contribution in [0.1, 0.15) is 42.3 Å². The van der Waals surface area contributed by atoms with Crippen molar-refractivity contribution >= 4 is 0 Å². The van der Waals surface area contributed by atoms with Crippen molar-refractivity contribution in [3.05, 3.63) is 47.3 Å². The summed E-state index contributed by atoms with van der Waals surface area (Å²) in [7, 11) is 0. The fraction of sp³-hybridized carbons (Fsp3) is 0.471. The molecule has 1 aliphatic rings. The van der Waals surface area contributed by atoms with Gasteiger partial charge in [-0.15, -0.1) is 13.2 Å². The Morgan fingerprint density at radius 2 is 2.00 bits per heavy atom. The molecule has 0 bridgehead atoms. The summed E-state index contributed by atoms with van der Waals surface area (Å²) in [5, 5.41) is 4.12. The SMILES string of the molecule is Cc1cc([C@@H]2CCCCN2Cc2ccc(OC(F)(F)F)cc2)no1. The second-order valence-corrected chi connectivity index (χ2v) is 6.04. The Balaban J connectivity index is 1.69. The monoisotopic (exact) mass is 340 g/mol. The quantitative estimate of drug-likeness (QED) is 0.815. The van der Waals surface area contributed by atoms with Crippen LogP contribution < -0.4 is 4.74 Å². The van der Waals surface area contributed by atoms with Crippen LogP contribution in [0.2, 0.25) is 0 Å². The van der Waals surface area contributed by atoms with E-state index in [1.165, 1.54) is 12.1 Å². The lowest BCUT2D eigenvalue weighted by Gasteiger charge is -2.34. The molecule has 0 unspecified atom stereocenters. The number of nitrogens with zero attached hydrogens (tertiary/aromatic N) is 2. The average molecular weight is 340 g/mol. The molecule has 3 rings (SSSR count). The van der Waals surface area contributed by atoms with Gasteiger partial charge in [-0.1, -0.05) is 23.7 Å². The Morgan fingerprint density at radius 1 is 1.25 bits per heavy atom. The first-order valence-corrected chi connectivity index (χ1v) is 7.93. The number of alkyl halides is 3. The van der Waals surface area contributed by atoms with Crippen LogP contribution in [0.5, 0.6) is 5.75 Å². The van der Waals surface area contributed by atoms with Gasteiger partial charge in [0.1, 0.15) is 17.2 Å². The Hall–Kier alpha value is -2.02. The highest BCUT2D eigenvalue weighted by molar-refractivity contribution is 5.27. The Labute approximate surface area is 138 Å². The van der Waals surface area contributed by atoms with Crippen molar-refractivity contribution in [2.24, 2.45) is 0 Å². The van der Waals surface area contributed by atoms with Gasteiger partial charge in [0.25, 0.3) is 0 Å². The summed E-state index contributed by atoms with van der Waals surface area (Å²) >= 11 is 0. The number of benzene rings is 1. The van der Waals surface area contributed by atoms with E-state index < -0.39 is 6.36 Å². The first kappa shape index (κ1) is 16.8. The fourth-order valence-corrected chi connectivity index (χ4v) is 3.09. The number of hydrogen-bond acceptors (Lipinski definition) is 4. The molecular formula is C17H19F3N2O2. The van der Waals surface area contributed by atoms with Crippen LogP contribution >= 0.6 is 0 Å².